The molecule has 3 rings (SSSR count). The van der Waals surface area contributed by atoms with Crippen LogP contribution in [0.1, 0.15) is 17.2 Å². The van der Waals surface area contributed by atoms with Gasteiger partial charge in [-0.3, -0.25) is 0 Å². The maximum Gasteiger partial charge on any atom is 0.107 e. The lowest BCUT2D eigenvalue weighted by Gasteiger charge is -2.16. The van der Waals surface area contributed by atoms with E-state index in [1.807, 2.05) is 42.5 Å². The fraction of sp³-hybridized carbons (Fsp3) is 0.0588. The van der Waals surface area contributed by atoms with E-state index in [0.29, 0.717) is 16.3 Å². The molecule has 0 aliphatic carbocycles. The van der Waals surface area contributed by atoms with E-state index in [2.05, 4.69) is 0 Å². The van der Waals surface area contributed by atoms with Crippen LogP contribution in [0, 0.1) is 0 Å². The number of anilines is 1. The fourth-order valence-electron chi connectivity index (χ4n) is 2.44. The number of rotatable bonds is 2. The van der Waals surface area contributed by atoms with Gasteiger partial charge in [0.05, 0.1) is 0 Å². The maximum absolute atomic E-state index is 10.7. The Kier molecular flexibility index (Phi) is 3.35. The Morgan fingerprint density at radius 1 is 0.900 bits per heavy atom. The summed E-state index contributed by atoms with van der Waals surface area (Å²) in [5, 5.41) is 13.3. The summed E-state index contributed by atoms with van der Waals surface area (Å²) < 4.78 is 0. The first-order valence-electron chi connectivity index (χ1n) is 6.37. The first-order valence-corrected chi connectivity index (χ1v) is 6.75. The largest absolute Gasteiger partial charge is 0.398 e. The van der Waals surface area contributed by atoms with Crippen molar-refractivity contribution in [3.8, 4) is 0 Å². The smallest absolute Gasteiger partial charge is 0.107 e. The van der Waals surface area contributed by atoms with Gasteiger partial charge in [0, 0.05) is 16.3 Å². The summed E-state index contributed by atoms with van der Waals surface area (Å²) in [7, 11) is 0. The van der Waals surface area contributed by atoms with Gasteiger partial charge < -0.3 is 10.8 Å². The summed E-state index contributed by atoms with van der Waals surface area (Å²) in [6.07, 6.45) is -0.792. The fourth-order valence-corrected chi connectivity index (χ4v) is 2.62. The Hall–Kier alpha value is -2.03. The van der Waals surface area contributed by atoms with Gasteiger partial charge in [0.2, 0.25) is 0 Å². The standard InChI is InChI=1S/C17H14ClNO/c18-12-8-9-16(19)15(10-12)17(20)14-7-3-5-11-4-1-2-6-13(11)14/h1-10,17,20H,19H2/t17-/m0/s1. The quantitative estimate of drug-likeness (QED) is 0.694. The molecule has 0 aliphatic heterocycles. The van der Waals surface area contributed by atoms with Crippen molar-refractivity contribution < 1.29 is 5.11 Å². The number of nitrogen functional groups attached to an aromatic ring is 1. The molecule has 0 aliphatic rings. The van der Waals surface area contributed by atoms with Crippen LogP contribution >= 0.6 is 11.6 Å². The first-order chi connectivity index (χ1) is 9.66. The molecule has 3 aromatic rings. The number of hydrogen-bond acceptors (Lipinski definition) is 2. The van der Waals surface area contributed by atoms with Gasteiger partial charge in [0.25, 0.3) is 0 Å². The summed E-state index contributed by atoms with van der Waals surface area (Å²) in [5.41, 5.74) is 7.95. The second-order valence-electron chi connectivity index (χ2n) is 4.74. The molecule has 20 heavy (non-hydrogen) atoms. The molecule has 3 N–H and O–H groups in total. The Morgan fingerprint density at radius 2 is 1.65 bits per heavy atom. The number of aliphatic hydroxyl groups is 1. The minimum atomic E-state index is -0.792. The van der Waals surface area contributed by atoms with Crippen LogP contribution in [0.5, 0.6) is 0 Å². The Bertz CT molecular complexity index is 765. The third-order valence-corrected chi connectivity index (χ3v) is 3.70. The van der Waals surface area contributed by atoms with Crippen molar-refractivity contribution in [3.05, 3.63) is 76.8 Å². The van der Waals surface area contributed by atoms with Crippen molar-refractivity contribution >= 4 is 28.1 Å². The van der Waals surface area contributed by atoms with Gasteiger partial charge in [-0.25, -0.2) is 0 Å². The molecule has 0 amide bonds. The van der Waals surface area contributed by atoms with E-state index >= 15 is 0 Å². The molecule has 0 fully saturated rings. The molecule has 0 saturated carbocycles. The van der Waals surface area contributed by atoms with Crippen molar-refractivity contribution in [1.29, 1.82) is 0 Å². The van der Waals surface area contributed by atoms with E-state index in [9.17, 15) is 5.11 Å². The van der Waals surface area contributed by atoms with E-state index in [-0.39, 0.29) is 0 Å². The van der Waals surface area contributed by atoms with Gasteiger partial charge in [0.1, 0.15) is 6.10 Å². The molecule has 0 saturated heterocycles. The average molecular weight is 284 g/mol. The number of halogens is 1. The highest BCUT2D eigenvalue weighted by molar-refractivity contribution is 6.30. The molecule has 2 nitrogen and oxygen atoms in total. The second kappa shape index (κ2) is 5.16. The zero-order chi connectivity index (χ0) is 14.1. The first kappa shape index (κ1) is 13.0. The van der Waals surface area contributed by atoms with Crippen molar-refractivity contribution in [2.45, 2.75) is 6.10 Å². The normalized spacial score (nSPS) is 12.5. The summed E-state index contributed by atoms with van der Waals surface area (Å²) in [6, 6.07) is 19.0. The van der Waals surface area contributed by atoms with Gasteiger partial charge in [-0.15, -0.1) is 0 Å². The summed E-state index contributed by atoms with van der Waals surface area (Å²) in [5.74, 6) is 0. The predicted molar refractivity (Wildman–Crippen MR) is 83.9 cm³/mol. The van der Waals surface area contributed by atoms with Crippen molar-refractivity contribution in [2.24, 2.45) is 0 Å². The van der Waals surface area contributed by atoms with Crippen LogP contribution in [0.25, 0.3) is 10.8 Å². The van der Waals surface area contributed by atoms with Crippen LogP contribution in [-0.4, -0.2) is 5.11 Å². The van der Waals surface area contributed by atoms with Crippen molar-refractivity contribution in [1.82, 2.24) is 0 Å². The minimum Gasteiger partial charge on any atom is -0.398 e. The second-order valence-corrected chi connectivity index (χ2v) is 5.18. The van der Waals surface area contributed by atoms with Crippen LogP contribution in [0.15, 0.2) is 60.7 Å². The highest BCUT2D eigenvalue weighted by atomic mass is 35.5. The van der Waals surface area contributed by atoms with E-state index in [4.69, 9.17) is 17.3 Å². The Balaban J connectivity index is 2.17. The third-order valence-electron chi connectivity index (χ3n) is 3.46. The topological polar surface area (TPSA) is 46.2 Å². The number of nitrogens with two attached hydrogens (primary N) is 1. The molecule has 0 radical (unpaired) electrons. The highest BCUT2D eigenvalue weighted by Crippen LogP contribution is 2.32. The molecule has 0 heterocycles. The molecule has 3 heteroatoms. The predicted octanol–water partition coefficient (Wildman–Crippen LogP) is 4.16. The van der Waals surface area contributed by atoms with E-state index in [1.165, 1.54) is 0 Å². The van der Waals surface area contributed by atoms with Gasteiger partial charge in [-0.1, -0.05) is 54.1 Å². The lowest BCUT2D eigenvalue weighted by molar-refractivity contribution is 0.222. The SMILES string of the molecule is Nc1ccc(Cl)cc1[C@@H](O)c1cccc2ccccc12. The van der Waals surface area contributed by atoms with E-state index < -0.39 is 6.10 Å². The minimum absolute atomic E-state index is 0.537. The van der Waals surface area contributed by atoms with Gasteiger partial charge in [-0.05, 0) is 34.5 Å². The molecule has 0 bridgehead atoms. The Morgan fingerprint density at radius 3 is 2.50 bits per heavy atom. The lowest BCUT2D eigenvalue weighted by Crippen LogP contribution is -2.04. The van der Waals surface area contributed by atoms with Gasteiger partial charge >= 0.3 is 0 Å². The third kappa shape index (κ3) is 2.24. The lowest BCUT2D eigenvalue weighted by atomic mass is 9.95. The molecular formula is C17H14ClNO. The van der Waals surface area contributed by atoms with E-state index in [0.717, 1.165) is 16.3 Å². The number of benzene rings is 3. The molecule has 3 aromatic carbocycles. The summed E-state index contributed by atoms with van der Waals surface area (Å²) >= 11 is 6.00. The molecule has 0 aromatic heterocycles. The van der Waals surface area contributed by atoms with Crippen LogP contribution in [-0.2, 0) is 0 Å². The number of aliphatic hydroxyl groups excluding tert-OH is 1. The van der Waals surface area contributed by atoms with Crippen molar-refractivity contribution in [3.63, 3.8) is 0 Å². The maximum atomic E-state index is 10.7. The molecule has 0 unspecified atom stereocenters. The molecule has 0 spiro atoms. The van der Waals surface area contributed by atoms with Crippen LogP contribution in [0.2, 0.25) is 5.02 Å². The zero-order valence-corrected chi connectivity index (χ0v) is 11.5. The monoisotopic (exact) mass is 283 g/mol. The van der Waals surface area contributed by atoms with Crippen LogP contribution < -0.4 is 5.73 Å². The number of hydrogen-bond donors (Lipinski definition) is 2. The highest BCUT2D eigenvalue weighted by Gasteiger charge is 2.16. The van der Waals surface area contributed by atoms with Crippen LogP contribution in [0.3, 0.4) is 0 Å². The summed E-state index contributed by atoms with van der Waals surface area (Å²) in [6.45, 7) is 0. The van der Waals surface area contributed by atoms with Crippen LogP contribution in [0.4, 0.5) is 5.69 Å². The molecule has 1 atom stereocenters. The Labute approximate surface area is 122 Å². The van der Waals surface area contributed by atoms with Gasteiger partial charge in [-0.2, -0.15) is 0 Å². The average Bonchev–Trinajstić information content (AvgIpc) is 2.48. The van der Waals surface area contributed by atoms with Crippen molar-refractivity contribution in [2.75, 3.05) is 5.73 Å². The number of fused-ring (bicyclic) bond motifs is 1. The zero-order valence-electron chi connectivity index (χ0n) is 10.8. The summed E-state index contributed by atoms with van der Waals surface area (Å²) in [4.78, 5) is 0. The van der Waals surface area contributed by atoms with E-state index in [1.54, 1.807) is 18.2 Å². The molecular weight excluding hydrogens is 270 g/mol. The van der Waals surface area contributed by atoms with Gasteiger partial charge in [0.15, 0.2) is 0 Å². The molecule has 100 valence electrons.